The number of hydrogen-bond donors (Lipinski definition) is 4. The molecule has 1 heterocycles. The molecule has 3 rings (SSSR count). The monoisotopic (exact) mass is 430 g/mol. The SMILES string of the molecule is OC[C@@H]1S[C@H](Oc2ccccc2Cc2ccc(C(F)(F)F)cc2)[C@H](O)[C@@H](O)[C@@H]1O. The van der Waals surface area contributed by atoms with Crippen molar-refractivity contribution in [2.45, 2.75) is 41.6 Å². The topological polar surface area (TPSA) is 90.2 Å². The molecule has 0 bridgehead atoms. The van der Waals surface area contributed by atoms with E-state index in [-0.39, 0.29) is 0 Å². The minimum atomic E-state index is -4.40. The molecule has 29 heavy (non-hydrogen) atoms. The van der Waals surface area contributed by atoms with Gasteiger partial charge >= 0.3 is 6.18 Å². The van der Waals surface area contributed by atoms with Gasteiger partial charge in [-0.3, -0.25) is 0 Å². The Balaban J connectivity index is 1.77. The lowest BCUT2D eigenvalue weighted by Gasteiger charge is -2.39. The maximum absolute atomic E-state index is 12.7. The highest BCUT2D eigenvalue weighted by Gasteiger charge is 2.44. The first kappa shape index (κ1) is 21.9. The Morgan fingerprint density at radius 2 is 1.55 bits per heavy atom. The van der Waals surface area contributed by atoms with Gasteiger partial charge in [0.25, 0.3) is 0 Å². The zero-order valence-corrected chi connectivity index (χ0v) is 16.0. The van der Waals surface area contributed by atoms with E-state index in [1.165, 1.54) is 12.1 Å². The first-order chi connectivity index (χ1) is 13.7. The summed E-state index contributed by atoms with van der Waals surface area (Å²) in [4.78, 5) is 0. The minimum absolute atomic E-state index is 0.302. The first-order valence-corrected chi connectivity index (χ1v) is 9.86. The molecule has 158 valence electrons. The maximum Gasteiger partial charge on any atom is 0.416 e. The van der Waals surface area contributed by atoms with Crippen LogP contribution in [0.25, 0.3) is 0 Å². The molecule has 0 unspecified atom stereocenters. The molecule has 5 atom stereocenters. The highest BCUT2D eigenvalue weighted by molar-refractivity contribution is 8.00. The molecule has 1 aliphatic heterocycles. The third kappa shape index (κ3) is 5.04. The van der Waals surface area contributed by atoms with Crippen molar-refractivity contribution >= 4 is 11.8 Å². The normalized spacial score (nSPS) is 27.6. The number of alkyl halides is 3. The summed E-state index contributed by atoms with van der Waals surface area (Å²) < 4.78 is 44.0. The van der Waals surface area contributed by atoms with E-state index in [1.54, 1.807) is 24.3 Å². The van der Waals surface area contributed by atoms with Crippen LogP contribution >= 0.6 is 11.8 Å². The Kier molecular flexibility index (Phi) is 6.75. The number of halogens is 3. The molecule has 1 aliphatic rings. The van der Waals surface area contributed by atoms with E-state index >= 15 is 0 Å². The van der Waals surface area contributed by atoms with E-state index in [2.05, 4.69) is 0 Å². The summed E-state index contributed by atoms with van der Waals surface area (Å²) >= 11 is 1.01. The molecular weight excluding hydrogens is 409 g/mol. The Morgan fingerprint density at radius 1 is 0.897 bits per heavy atom. The van der Waals surface area contributed by atoms with Crippen LogP contribution < -0.4 is 4.74 Å². The van der Waals surface area contributed by atoms with Crippen LogP contribution in [0.3, 0.4) is 0 Å². The summed E-state index contributed by atoms with van der Waals surface area (Å²) in [6, 6.07) is 11.7. The second-order valence-electron chi connectivity index (χ2n) is 6.79. The van der Waals surface area contributed by atoms with Gasteiger partial charge in [0.05, 0.1) is 23.5 Å². The molecule has 0 amide bonds. The van der Waals surface area contributed by atoms with E-state index in [0.717, 1.165) is 23.9 Å². The highest BCUT2D eigenvalue weighted by Crippen LogP contribution is 2.36. The van der Waals surface area contributed by atoms with Crippen molar-refractivity contribution in [2.75, 3.05) is 6.61 Å². The van der Waals surface area contributed by atoms with E-state index in [9.17, 15) is 33.6 Å². The van der Waals surface area contributed by atoms with E-state index in [4.69, 9.17) is 4.74 Å². The van der Waals surface area contributed by atoms with Crippen LogP contribution in [-0.4, -0.2) is 56.0 Å². The molecule has 0 radical (unpaired) electrons. The maximum atomic E-state index is 12.7. The molecule has 4 N–H and O–H groups in total. The third-order valence-corrected chi connectivity index (χ3v) is 6.16. The molecule has 5 nitrogen and oxygen atoms in total. The minimum Gasteiger partial charge on any atom is -0.477 e. The second kappa shape index (κ2) is 8.93. The van der Waals surface area contributed by atoms with Crippen LogP contribution in [0.15, 0.2) is 48.5 Å². The lowest BCUT2D eigenvalue weighted by atomic mass is 10.0. The van der Waals surface area contributed by atoms with Gasteiger partial charge in [0, 0.05) is 6.42 Å². The number of thioether (sulfide) groups is 1. The fourth-order valence-corrected chi connectivity index (χ4v) is 4.32. The van der Waals surface area contributed by atoms with Gasteiger partial charge in [0.2, 0.25) is 0 Å². The van der Waals surface area contributed by atoms with Crippen molar-refractivity contribution in [3.63, 3.8) is 0 Å². The van der Waals surface area contributed by atoms with Gasteiger partial charge in [-0.05, 0) is 29.3 Å². The summed E-state index contributed by atoms with van der Waals surface area (Å²) in [7, 11) is 0. The summed E-state index contributed by atoms with van der Waals surface area (Å²) in [6.45, 7) is -0.400. The number of benzene rings is 2. The molecule has 9 heteroatoms. The molecule has 0 aliphatic carbocycles. The Morgan fingerprint density at radius 3 is 2.17 bits per heavy atom. The van der Waals surface area contributed by atoms with Gasteiger partial charge in [0.1, 0.15) is 18.0 Å². The Labute approximate surface area is 169 Å². The van der Waals surface area contributed by atoms with Crippen LogP contribution in [0, 0.1) is 0 Å². The molecule has 0 spiro atoms. The highest BCUT2D eigenvalue weighted by atomic mass is 32.2. The fourth-order valence-electron chi connectivity index (χ4n) is 3.09. The van der Waals surface area contributed by atoms with Gasteiger partial charge < -0.3 is 25.2 Å². The number of para-hydroxylation sites is 1. The largest absolute Gasteiger partial charge is 0.477 e. The zero-order chi connectivity index (χ0) is 21.2. The predicted molar refractivity (Wildman–Crippen MR) is 102 cm³/mol. The van der Waals surface area contributed by atoms with Crippen LogP contribution in [0.2, 0.25) is 0 Å². The van der Waals surface area contributed by atoms with Crippen molar-refractivity contribution in [3.8, 4) is 5.75 Å². The molecular formula is C20H21F3O5S. The molecule has 1 saturated heterocycles. The van der Waals surface area contributed by atoms with Crippen molar-refractivity contribution in [3.05, 3.63) is 65.2 Å². The van der Waals surface area contributed by atoms with Crippen molar-refractivity contribution in [2.24, 2.45) is 0 Å². The van der Waals surface area contributed by atoms with Gasteiger partial charge in [-0.25, -0.2) is 0 Å². The predicted octanol–water partition coefficient (Wildman–Crippen LogP) is 2.19. The van der Waals surface area contributed by atoms with Gasteiger partial charge in [-0.15, -0.1) is 11.8 Å². The number of ether oxygens (including phenoxy) is 1. The van der Waals surface area contributed by atoms with Gasteiger partial charge in [-0.2, -0.15) is 13.2 Å². The first-order valence-electron chi connectivity index (χ1n) is 8.92. The van der Waals surface area contributed by atoms with E-state index in [0.29, 0.717) is 23.3 Å². The summed E-state index contributed by atoms with van der Waals surface area (Å²) in [5.41, 5.74) is -0.329. The Hall–Kier alpha value is -1.78. The molecule has 2 aromatic rings. The van der Waals surface area contributed by atoms with Gasteiger partial charge in [-0.1, -0.05) is 30.3 Å². The van der Waals surface area contributed by atoms with Crippen LogP contribution in [-0.2, 0) is 12.6 Å². The van der Waals surface area contributed by atoms with Crippen LogP contribution in [0.1, 0.15) is 16.7 Å². The van der Waals surface area contributed by atoms with E-state index in [1.807, 2.05) is 0 Å². The fraction of sp³-hybridized carbons (Fsp3) is 0.400. The third-order valence-electron chi connectivity index (χ3n) is 4.74. The smallest absolute Gasteiger partial charge is 0.416 e. The van der Waals surface area contributed by atoms with Crippen LogP contribution in [0.5, 0.6) is 5.75 Å². The average Bonchev–Trinajstić information content (AvgIpc) is 2.69. The standard InChI is InChI=1S/C20H21F3O5S/c21-20(22,23)13-7-5-11(6-8-13)9-12-3-1-2-4-14(12)28-19-18(27)17(26)16(25)15(10-24)29-19/h1-8,15-19,24-27H,9-10H2/t15-,16+,17-,18+,19-/m0/s1. The summed E-state index contributed by atoms with van der Waals surface area (Å²) in [5.74, 6) is 0.393. The number of hydrogen-bond acceptors (Lipinski definition) is 6. The molecule has 0 aromatic heterocycles. The van der Waals surface area contributed by atoms with Crippen molar-refractivity contribution in [1.82, 2.24) is 0 Å². The van der Waals surface area contributed by atoms with Gasteiger partial charge in [0.15, 0.2) is 5.44 Å². The number of rotatable bonds is 5. The number of aliphatic hydroxyl groups is 4. The summed E-state index contributed by atoms with van der Waals surface area (Å²) in [6.07, 6.45) is -8.24. The average molecular weight is 430 g/mol. The zero-order valence-electron chi connectivity index (χ0n) is 15.2. The van der Waals surface area contributed by atoms with Crippen LogP contribution in [0.4, 0.5) is 13.2 Å². The lowest BCUT2D eigenvalue weighted by Crippen LogP contribution is -2.55. The second-order valence-corrected chi connectivity index (χ2v) is 8.14. The molecule has 1 fully saturated rings. The molecule has 0 saturated carbocycles. The lowest BCUT2D eigenvalue weighted by molar-refractivity contribution is -0.137. The van der Waals surface area contributed by atoms with Crippen molar-refractivity contribution in [1.29, 1.82) is 0 Å². The molecule has 2 aromatic carbocycles. The summed E-state index contributed by atoms with van der Waals surface area (Å²) in [5, 5.41) is 38.8. The quantitative estimate of drug-likeness (QED) is 0.582. The van der Waals surface area contributed by atoms with E-state index < -0.39 is 47.3 Å². The Bertz CT molecular complexity index is 813. The number of aliphatic hydroxyl groups excluding tert-OH is 4. The van der Waals surface area contributed by atoms with Crippen molar-refractivity contribution < 1.29 is 38.3 Å².